The first-order valence-corrected chi connectivity index (χ1v) is 17.6. The Morgan fingerprint density at radius 2 is 1.84 bits per heavy atom. The van der Waals surface area contributed by atoms with Crippen LogP contribution in [0.5, 0.6) is 0 Å². The standard InChI is InChI=1S/C25H31ClN6O4SSi/c1-17-6-11-21-20(23(17)26)14-22(31(21)2)24(33)29-18-7-9-19(10-8-18)37(34,35)30-25-27-15-28-32(25)16-36-12-13-38(3,4)5/h6-11,14-15H,12-13,16H2,1-5H3,(H,29,33)(H,27,28,30). The van der Waals surface area contributed by atoms with Gasteiger partial charge in [0.1, 0.15) is 18.8 Å². The number of benzene rings is 2. The number of carbonyl (C=O) groups is 1. The summed E-state index contributed by atoms with van der Waals surface area (Å²) in [4.78, 5) is 17.0. The van der Waals surface area contributed by atoms with Crippen LogP contribution in [0, 0.1) is 6.92 Å². The molecule has 0 spiro atoms. The Morgan fingerprint density at radius 3 is 2.53 bits per heavy atom. The van der Waals surface area contributed by atoms with Gasteiger partial charge in [0.2, 0.25) is 5.95 Å². The number of nitrogens with zero attached hydrogens (tertiary/aromatic N) is 4. The average molecular weight is 575 g/mol. The first kappa shape index (κ1) is 27.8. The van der Waals surface area contributed by atoms with Crippen LogP contribution in [0.25, 0.3) is 10.9 Å². The Hall–Kier alpha value is -3.19. The van der Waals surface area contributed by atoms with E-state index in [4.69, 9.17) is 16.3 Å². The van der Waals surface area contributed by atoms with E-state index in [-0.39, 0.29) is 23.5 Å². The number of ether oxygens (including phenoxy) is 1. The molecular formula is C25H31ClN6O4SSi. The number of amides is 1. The summed E-state index contributed by atoms with van der Waals surface area (Å²) in [6, 6.07) is 12.4. The molecule has 10 nitrogen and oxygen atoms in total. The van der Waals surface area contributed by atoms with E-state index in [0.29, 0.717) is 23.0 Å². The van der Waals surface area contributed by atoms with Crippen molar-refractivity contribution in [1.29, 1.82) is 0 Å². The fourth-order valence-electron chi connectivity index (χ4n) is 3.76. The third-order valence-corrected chi connectivity index (χ3v) is 9.61. The van der Waals surface area contributed by atoms with Crippen LogP contribution in [-0.2, 0) is 28.5 Å². The van der Waals surface area contributed by atoms with Gasteiger partial charge in [-0.2, -0.15) is 10.1 Å². The van der Waals surface area contributed by atoms with Crippen molar-refractivity contribution in [2.75, 3.05) is 16.6 Å². The lowest BCUT2D eigenvalue weighted by Gasteiger charge is -2.15. The SMILES string of the molecule is Cc1ccc2c(cc(C(=O)Nc3ccc(S(=O)(=O)Nc4ncnn4COCC[Si](C)(C)C)cc3)n2C)c1Cl. The number of aromatic nitrogens is 4. The highest BCUT2D eigenvalue weighted by Gasteiger charge is 2.20. The van der Waals surface area contributed by atoms with Gasteiger partial charge in [-0.3, -0.25) is 4.79 Å². The fraction of sp³-hybridized carbons (Fsp3) is 0.320. The Kier molecular flexibility index (Phi) is 7.97. The summed E-state index contributed by atoms with van der Waals surface area (Å²) in [6.07, 6.45) is 1.26. The van der Waals surface area contributed by atoms with Crippen molar-refractivity contribution in [1.82, 2.24) is 19.3 Å². The van der Waals surface area contributed by atoms with Gasteiger partial charge in [0, 0.05) is 38.3 Å². The van der Waals surface area contributed by atoms with E-state index in [9.17, 15) is 13.2 Å². The molecule has 0 radical (unpaired) electrons. The third kappa shape index (κ3) is 6.26. The molecule has 202 valence electrons. The minimum atomic E-state index is -3.94. The van der Waals surface area contributed by atoms with Gasteiger partial charge in [-0.1, -0.05) is 37.3 Å². The third-order valence-electron chi connectivity index (χ3n) is 6.06. The molecule has 0 unspecified atom stereocenters. The molecule has 0 aliphatic heterocycles. The topological polar surface area (TPSA) is 120 Å². The largest absolute Gasteiger partial charge is 0.359 e. The van der Waals surface area contributed by atoms with Crippen LogP contribution in [-0.4, -0.2) is 48.3 Å². The molecular weight excluding hydrogens is 544 g/mol. The lowest BCUT2D eigenvalue weighted by Crippen LogP contribution is -2.22. The summed E-state index contributed by atoms with van der Waals surface area (Å²) < 4.78 is 37.1. The number of anilines is 2. The number of nitrogens with one attached hydrogen (secondary N) is 2. The number of sulfonamides is 1. The molecule has 0 fully saturated rings. The van der Waals surface area contributed by atoms with Gasteiger partial charge in [-0.25, -0.2) is 17.8 Å². The molecule has 0 bridgehead atoms. The highest BCUT2D eigenvalue weighted by molar-refractivity contribution is 7.92. The van der Waals surface area contributed by atoms with Gasteiger partial charge in [0.25, 0.3) is 15.9 Å². The number of fused-ring (bicyclic) bond motifs is 1. The molecule has 38 heavy (non-hydrogen) atoms. The Bertz CT molecular complexity index is 1580. The second-order valence-electron chi connectivity index (χ2n) is 10.2. The second kappa shape index (κ2) is 10.9. The van der Waals surface area contributed by atoms with Gasteiger partial charge in [-0.05, 0) is 54.9 Å². The molecule has 2 aromatic carbocycles. The minimum Gasteiger partial charge on any atom is -0.359 e. The summed E-state index contributed by atoms with van der Waals surface area (Å²) >= 11 is 6.42. The molecule has 0 aliphatic carbocycles. The van der Waals surface area contributed by atoms with Gasteiger partial charge < -0.3 is 14.6 Å². The molecule has 2 aromatic heterocycles. The Morgan fingerprint density at radius 1 is 1.13 bits per heavy atom. The number of hydrogen-bond acceptors (Lipinski definition) is 6. The Labute approximate surface area is 228 Å². The maximum atomic E-state index is 13.0. The molecule has 4 rings (SSSR count). The number of carbonyl (C=O) groups excluding carboxylic acids is 1. The first-order valence-electron chi connectivity index (χ1n) is 12.0. The van der Waals surface area contributed by atoms with Gasteiger partial charge >= 0.3 is 0 Å². The molecule has 4 aromatic rings. The summed E-state index contributed by atoms with van der Waals surface area (Å²) in [6.45, 7) is 9.33. The normalized spacial score (nSPS) is 12.2. The summed E-state index contributed by atoms with van der Waals surface area (Å²) in [7, 11) is -3.39. The second-order valence-corrected chi connectivity index (χ2v) is 17.9. The smallest absolute Gasteiger partial charge is 0.272 e. The summed E-state index contributed by atoms with van der Waals surface area (Å²) in [5.41, 5.74) is 2.64. The lowest BCUT2D eigenvalue weighted by atomic mass is 10.2. The van der Waals surface area contributed by atoms with E-state index in [1.165, 1.54) is 35.3 Å². The van der Waals surface area contributed by atoms with Crippen molar-refractivity contribution < 1.29 is 17.9 Å². The Balaban J connectivity index is 1.42. The number of aryl methyl sites for hydroxylation is 2. The average Bonchev–Trinajstić information content (AvgIpc) is 3.42. The number of hydrogen-bond donors (Lipinski definition) is 2. The van der Waals surface area contributed by atoms with Crippen LogP contribution in [0.2, 0.25) is 30.7 Å². The zero-order valence-electron chi connectivity index (χ0n) is 21.9. The van der Waals surface area contributed by atoms with E-state index < -0.39 is 18.1 Å². The first-order chi connectivity index (χ1) is 17.9. The maximum absolute atomic E-state index is 13.0. The summed E-state index contributed by atoms with van der Waals surface area (Å²) in [5, 5.41) is 8.25. The van der Waals surface area contributed by atoms with Crippen LogP contribution in [0.1, 0.15) is 16.1 Å². The molecule has 0 aliphatic rings. The van der Waals surface area contributed by atoms with Crippen LogP contribution < -0.4 is 10.0 Å². The van der Waals surface area contributed by atoms with Crippen LogP contribution in [0.15, 0.2) is 53.7 Å². The van der Waals surface area contributed by atoms with E-state index in [1.807, 2.05) is 19.1 Å². The van der Waals surface area contributed by atoms with Crippen molar-refractivity contribution in [2.24, 2.45) is 7.05 Å². The van der Waals surface area contributed by atoms with E-state index >= 15 is 0 Å². The maximum Gasteiger partial charge on any atom is 0.272 e. The van der Waals surface area contributed by atoms with Crippen molar-refractivity contribution in [2.45, 2.75) is 44.2 Å². The molecule has 2 heterocycles. The zero-order chi connectivity index (χ0) is 27.7. The quantitative estimate of drug-likeness (QED) is 0.201. The van der Waals surface area contributed by atoms with Crippen LogP contribution in [0.3, 0.4) is 0 Å². The molecule has 0 saturated carbocycles. The predicted octanol–water partition coefficient (Wildman–Crippen LogP) is 5.10. The molecule has 1 amide bonds. The van der Waals surface area contributed by atoms with E-state index in [1.54, 1.807) is 17.7 Å². The molecule has 2 N–H and O–H groups in total. The van der Waals surface area contributed by atoms with Gasteiger partial charge in [-0.15, -0.1) is 0 Å². The van der Waals surface area contributed by atoms with Gasteiger partial charge in [0.15, 0.2) is 0 Å². The molecule has 0 atom stereocenters. The van der Waals surface area contributed by atoms with Crippen LogP contribution >= 0.6 is 11.6 Å². The van der Waals surface area contributed by atoms with Crippen molar-refractivity contribution >= 4 is 58.1 Å². The number of rotatable bonds is 10. The minimum absolute atomic E-state index is 0.0107. The predicted molar refractivity (Wildman–Crippen MR) is 152 cm³/mol. The lowest BCUT2D eigenvalue weighted by molar-refractivity contribution is 0.0800. The monoisotopic (exact) mass is 574 g/mol. The molecule has 13 heteroatoms. The van der Waals surface area contributed by atoms with Crippen LogP contribution in [0.4, 0.5) is 11.6 Å². The van der Waals surface area contributed by atoms with Crippen molar-refractivity contribution in [3.05, 3.63) is 65.1 Å². The number of halogens is 1. The van der Waals surface area contributed by atoms with Crippen molar-refractivity contribution in [3.63, 3.8) is 0 Å². The van der Waals surface area contributed by atoms with Crippen molar-refractivity contribution in [3.8, 4) is 0 Å². The highest BCUT2D eigenvalue weighted by Crippen LogP contribution is 2.29. The summed E-state index contributed by atoms with van der Waals surface area (Å²) in [5.74, 6) is -0.284. The fourth-order valence-corrected chi connectivity index (χ4v) is 5.74. The van der Waals surface area contributed by atoms with E-state index in [2.05, 4.69) is 39.8 Å². The van der Waals surface area contributed by atoms with Gasteiger partial charge in [0.05, 0.1) is 9.92 Å². The van der Waals surface area contributed by atoms with E-state index in [0.717, 1.165) is 22.5 Å². The molecule has 0 saturated heterocycles. The highest BCUT2D eigenvalue weighted by atomic mass is 35.5. The zero-order valence-corrected chi connectivity index (χ0v) is 24.5.